The molecule has 0 atom stereocenters. The first-order valence-electron chi connectivity index (χ1n) is 7.77. The van der Waals surface area contributed by atoms with E-state index in [1.807, 2.05) is 35.7 Å². The minimum absolute atomic E-state index is 0.0952. The average molecular weight is 355 g/mol. The van der Waals surface area contributed by atoms with E-state index in [0.29, 0.717) is 12.4 Å². The maximum atomic E-state index is 11.3. The van der Waals surface area contributed by atoms with Gasteiger partial charge < -0.3 is 14.8 Å². The lowest BCUT2D eigenvalue weighted by Crippen LogP contribution is -2.14. The van der Waals surface area contributed by atoms with E-state index >= 15 is 0 Å². The molecule has 0 aliphatic heterocycles. The molecule has 0 fully saturated rings. The van der Waals surface area contributed by atoms with Crippen molar-refractivity contribution in [3.05, 3.63) is 54.0 Å². The monoisotopic (exact) mass is 355 g/mol. The number of thiazole rings is 1. The van der Waals surface area contributed by atoms with Crippen molar-refractivity contribution < 1.29 is 14.3 Å². The highest BCUT2D eigenvalue weighted by atomic mass is 32.1. The number of esters is 1. The summed E-state index contributed by atoms with van der Waals surface area (Å²) < 4.78 is 10.2. The van der Waals surface area contributed by atoms with Gasteiger partial charge in [-0.1, -0.05) is 6.07 Å². The van der Waals surface area contributed by atoms with Crippen LogP contribution in [0, 0.1) is 0 Å². The van der Waals surface area contributed by atoms with E-state index in [4.69, 9.17) is 9.47 Å². The van der Waals surface area contributed by atoms with Crippen LogP contribution in [-0.2, 0) is 9.53 Å². The lowest BCUT2D eigenvalue weighted by molar-refractivity contribution is -0.145. The third-order valence-electron chi connectivity index (χ3n) is 3.22. The van der Waals surface area contributed by atoms with Crippen LogP contribution in [0.2, 0.25) is 0 Å². The summed E-state index contributed by atoms with van der Waals surface area (Å²) in [5, 5.41) is 5.92. The minimum Gasteiger partial charge on any atom is -0.482 e. The van der Waals surface area contributed by atoms with E-state index < -0.39 is 0 Å². The van der Waals surface area contributed by atoms with Gasteiger partial charge in [0.05, 0.1) is 12.3 Å². The first-order chi connectivity index (χ1) is 12.2. The summed E-state index contributed by atoms with van der Waals surface area (Å²) in [6, 6.07) is 13.1. The molecular weight excluding hydrogens is 338 g/mol. The molecule has 1 aromatic carbocycles. The number of nitrogens with one attached hydrogen (secondary N) is 1. The molecule has 0 radical (unpaired) electrons. The molecule has 0 unspecified atom stereocenters. The van der Waals surface area contributed by atoms with Gasteiger partial charge in [0.25, 0.3) is 0 Å². The van der Waals surface area contributed by atoms with Gasteiger partial charge in [-0.15, -0.1) is 11.3 Å². The Morgan fingerprint density at radius 3 is 2.76 bits per heavy atom. The first kappa shape index (κ1) is 16.9. The van der Waals surface area contributed by atoms with Crippen LogP contribution in [-0.4, -0.2) is 29.2 Å². The van der Waals surface area contributed by atoms with Crippen LogP contribution in [0.25, 0.3) is 11.3 Å². The van der Waals surface area contributed by atoms with Crippen molar-refractivity contribution in [3.8, 4) is 17.0 Å². The molecule has 0 aliphatic carbocycles. The van der Waals surface area contributed by atoms with E-state index in [0.717, 1.165) is 22.2 Å². The van der Waals surface area contributed by atoms with Crippen molar-refractivity contribution in [2.75, 3.05) is 18.5 Å². The third-order valence-corrected chi connectivity index (χ3v) is 3.97. The highest BCUT2D eigenvalue weighted by molar-refractivity contribution is 7.14. The van der Waals surface area contributed by atoms with Crippen LogP contribution < -0.4 is 10.1 Å². The van der Waals surface area contributed by atoms with E-state index in [9.17, 15) is 4.79 Å². The van der Waals surface area contributed by atoms with Crippen LogP contribution in [0.5, 0.6) is 5.75 Å². The Morgan fingerprint density at radius 2 is 2.04 bits per heavy atom. The second-order valence-corrected chi connectivity index (χ2v) is 5.85. The van der Waals surface area contributed by atoms with Crippen LogP contribution >= 0.6 is 11.3 Å². The molecule has 2 heterocycles. The number of carbonyl (C=O) groups excluding carboxylic acids is 1. The number of anilines is 2. The Morgan fingerprint density at radius 1 is 1.20 bits per heavy atom. The fraction of sp³-hybridized carbons (Fsp3) is 0.167. The summed E-state index contributed by atoms with van der Waals surface area (Å²) in [5.74, 6) is 0.987. The van der Waals surface area contributed by atoms with Gasteiger partial charge in [0.2, 0.25) is 0 Å². The summed E-state index contributed by atoms with van der Waals surface area (Å²) in [4.78, 5) is 20.1. The first-order valence-corrected chi connectivity index (χ1v) is 8.65. The van der Waals surface area contributed by atoms with Gasteiger partial charge in [-0.3, -0.25) is 0 Å². The molecule has 0 saturated heterocycles. The summed E-state index contributed by atoms with van der Waals surface area (Å²) >= 11 is 1.51. The molecule has 3 aromatic rings. The number of nitrogens with zero attached hydrogens (tertiary/aromatic N) is 2. The predicted octanol–water partition coefficient (Wildman–Crippen LogP) is 3.89. The molecule has 2 aromatic heterocycles. The number of benzene rings is 1. The predicted molar refractivity (Wildman–Crippen MR) is 97.2 cm³/mol. The van der Waals surface area contributed by atoms with Crippen LogP contribution in [0.4, 0.5) is 10.9 Å². The number of carbonyl (C=O) groups is 1. The highest BCUT2D eigenvalue weighted by Crippen LogP contribution is 2.27. The number of hydrogen-bond acceptors (Lipinski definition) is 7. The summed E-state index contributed by atoms with van der Waals surface area (Å²) in [6.07, 6.45) is 1.73. The second kappa shape index (κ2) is 8.25. The minimum atomic E-state index is -0.378. The molecule has 1 N–H and O–H groups in total. The average Bonchev–Trinajstić information content (AvgIpc) is 3.10. The summed E-state index contributed by atoms with van der Waals surface area (Å²) in [7, 11) is 0. The Bertz CT molecular complexity index is 819. The quantitative estimate of drug-likeness (QED) is 0.648. The molecule has 7 heteroatoms. The van der Waals surface area contributed by atoms with Crippen molar-refractivity contribution in [1.29, 1.82) is 0 Å². The molecule has 0 bridgehead atoms. The standard InChI is InChI=1S/C18H17N3O3S/c1-2-23-17(22)11-24-14-8-6-13(7-9-14)15-12-25-18(20-15)21-16-5-3-4-10-19-16/h3-10,12H,2,11H2,1H3,(H,19,20,21). The zero-order valence-corrected chi connectivity index (χ0v) is 14.5. The van der Waals surface area contributed by atoms with Crippen LogP contribution in [0.1, 0.15) is 6.92 Å². The number of pyridine rings is 1. The highest BCUT2D eigenvalue weighted by Gasteiger charge is 2.07. The molecular formula is C18H17N3O3S. The van der Waals surface area contributed by atoms with E-state index in [-0.39, 0.29) is 12.6 Å². The summed E-state index contributed by atoms with van der Waals surface area (Å²) in [5.41, 5.74) is 1.83. The van der Waals surface area contributed by atoms with E-state index in [1.54, 1.807) is 25.3 Å². The van der Waals surface area contributed by atoms with Gasteiger partial charge >= 0.3 is 5.97 Å². The SMILES string of the molecule is CCOC(=O)COc1ccc(-c2csc(Nc3ccccn3)n2)cc1. The zero-order valence-electron chi connectivity index (χ0n) is 13.6. The van der Waals surface area contributed by atoms with Crippen molar-refractivity contribution in [1.82, 2.24) is 9.97 Å². The third kappa shape index (κ3) is 4.77. The molecule has 128 valence electrons. The zero-order chi connectivity index (χ0) is 17.5. The maximum Gasteiger partial charge on any atom is 0.344 e. The fourth-order valence-electron chi connectivity index (χ4n) is 2.08. The van der Waals surface area contributed by atoms with Crippen LogP contribution in [0.15, 0.2) is 54.0 Å². The Hall–Kier alpha value is -2.93. The number of ether oxygens (including phenoxy) is 2. The Kier molecular flexibility index (Phi) is 5.58. The van der Waals surface area contributed by atoms with Gasteiger partial charge in [0.15, 0.2) is 11.7 Å². The maximum absolute atomic E-state index is 11.3. The molecule has 0 saturated carbocycles. The topological polar surface area (TPSA) is 73.3 Å². The fourth-order valence-corrected chi connectivity index (χ4v) is 2.80. The number of rotatable bonds is 7. The van der Waals surface area contributed by atoms with E-state index in [1.165, 1.54) is 11.3 Å². The molecule has 25 heavy (non-hydrogen) atoms. The van der Waals surface area contributed by atoms with E-state index in [2.05, 4.69) is 15.3 Å². The van der Waals surface area contributed by atoms with Crippen LogP contribution in [0.3, 0.4) is 0 Å². The molecule has 3 rings (SSSR count). The van der Waals surface area contributed by atoms with Gasteiger partial charge in [0, 0.05) is 17.1 Å². The van der Waals surface area contributed by atoms with Crippen molar-refractivity contribution in [2.45, 2.75) is 6.92 Å². The Balaban J connectivity index is 1.62. The summed E-state index contributed by atoms with van der Waals surface area (Å²) in [6.45, 7) is 2.01. The smallest absolute Gasteiger partial charge is 0.344 e. The normalized spacial score (nSPS) is 10.3. The van der Waals surface area contributed by atoms with Gasteiger partial charge in [-0.05, 0) is 43.3 Å². The molecule has 0 aliphatic rings. The molecule has 6 nitrogen and oxygen atoms in total. The molecule has 0 spiro atoms. The molecule has 0 amide bonds. The van der Waals surface area contributed by atoms with Crippen molar-refractivity contribution in [2.24, 2.45) is 0 Å². The van der Waals surface area contributed by atoms with Gasteiger partial charge in [-0.25, -0.2) is 14.8 Å². The largest absolute Gasteiger partial charge is 0.482 e. The number of hydrogen-bond donors (Lipinski definition) is 1. The van der Waals surface area contributed by atoms with Gasteiger partial charge in [-0.2, -0.15) is 0 Å². The second-order valence-electron chi connectivity index (χ2n) is 5.00. The van der Waals surface area contributed by atoms with Crippen molar-refractivity contribution in [3.63, 3.8) is 0 Å². The Labute approximate surface area is 149 Å². The lowest BCUT2D eigenvalue weighted by Gasteiger charge is -2.06. The number of aromatic nitrogens is 2. The van der Waals surface area contributed by atoms with Gasteiger partial charge in [0.1, 0.15) is 11.6 Å². The lowest BCUT2D eigenvalue weighted by atomic mass is 10.2. The van der Waals surface area contributed by atoms with Crippen molar-refractivity contribution >= 4 is 28.3 Å².